The molecular formula is C13H17ClO3. The molecule has 4 heteroatoms. The van der Waals surface area contributed by atoms with Crippen molar-refractivity contribution in [2.24, 2.45) is 0 Å². The summed E-state index contributed by atoms with van der Waals surface area (Å²) in [6.45, 7) is 4.25. The highest BCUT2D eigenvalue weighted by molar-refractivity contribution is 6.32. The minimum Gasteiger partial charge on any atom is -0.506 e. The van der Waals surface area contributed by atoms with Gasteiger partial charge >= 0.3 is 0 Å². The summed E-state index contributed by atoms with van der Waals surface area (Å²) in [7, 11) is 0. The Morgan fingerprint density at radius 2 is 2.18 bits per heavy atom. The topological polar surface area (TPSA) is 46.5 Å². The zero-order valence-electron chi connectivity index (χ0n) is 10.1. The first kappa shape index (κ1) is 14.0. The Labute approximate surface area is 106 Å². The van der Waals surface area contributed by atoms with Gasteiger partial charge in [0.2, 0.25) is 0 Å². The van der Waals surface area contributed by atoms with Gasteiger partial charge in [0.1, 0.15) is 11.9 Å². The summed E-state index contributed by atoms with van der Waals surface area (Å²) in [5, 5.41) is 9.57. The number of phenols is 1. The van der Waals surface area contributed by atoms with E-state index in [1.807, 2.05) is 13.8 Å². The van der Waals surface area contributed by atoms with E-state index in [0.717, 1.165) is 6.42 Å². The predicted molar refractivity (Wildman–Crippen MR) is 67.4 cm³/mol. The van der Waals surface area contributed by atoms with Crippen molar-refractivity contribution in [3.63, 3.8) is 0 Å². The van der Waals surface area contributed by atoms with Crippen LogP contribution in [0, 0.1) is 0 Å². The lowest BCUT2D eigenvalue weighted by Gasteiger charge is -2.16. The fraction of sp³-hybridized carbons (Fsp3) is 0.462. The van der Waals surface area contributed by atoms with E-state index < -0.39 is 6.10 Å². The van der Waals surface area contributed by atoms with Crippen molar-refractivity contribution in [3.8, 4) is 5.75 Å². The van der Waals surface area contributed by atoms with Crippen LogP contribution in [0.15, 0.2) is 18.2 Å². The maximum Gasteiger partial charge on any atom is 0.166 e. The van der Waals surface area contributed by atoms with Gasteiger partial charge in [-0.3, -0.25) is 4.79 Å². The van der Waals surface area contributed by atoms with Crippen molar-refractivity contribution in [1.29, 1.82) is 0 Å². The Morgan fingerprint density at radius 3 is 2.71 bits per heavy atom. The molecule has 0 radical (unpaired) electrons. The van der Waals surface area contributed by atoms with Gasteiger partial charge in [0, 0.05) is 13.0 Å². The molecule has 1 atom stereocenters. The number of rotatable bonds is 6. The number of hydrogen-bond acceptors (Lipinski definition) is 3. The van der Waals surface area contributed by atoms with Crippen LogP contribution in [0.3, 0.4) is 0 Å². The third-order valence-electron chi connectivity index (χ3n) is 2.40. The molecule has 0 fully saturated rings. The molecule has 0 heterocycles. The first-order valence-corrected chi connectivity index (χ1v) is 6.10. The Hall–Kier alpha value is -1.06. The molecule has 0 spiro atoms. The molecule has 0 amide bonds. The molecule has 0 aliphatic heterocycles. The summed E-state index contributed by atoms with van der Waals surface area (Å²) in [5.74, 6) is 0.0460. The molecule has 1 N–H and O–H groups in total. The summed E-state index contributed by atoms with van der Waals surface area (Å²) < 4.78 is 5.45. The Balaban J connectivity index is 2.96. The largest absolute Gasteiger partial charge is 0.506 e. The monoisotopic (exact) mass is 256 g/mol. The minimum atomic E-state index is -0.585. The highest BCUT2D eigenvalue weighted by atomic mass is 35.5. The van der Waals surface area contributed by atoms with Crippen LogP contribution < -0.4 is 0 Å². The van der Waals surface area contributed by atoms with Crippen LogP contribution in [0.2, 0.25) is 5.02 Å². The standard InChI is InChI=1S/C13H17ClO3/c1-3-5-12(16)13(17-4-2)9-6-7-11(15)10(14)8-9/h6-8,13,15H,3-5H2,1-2H3. The number of aromatic hydroxyl groups is 1. The lowest BCUT2D eigenvalue weighted by Crippen LogP contribution is -2.15. The molecular weight excluding hydrogens is 240 g/mol. The van der Waals surface area contributed by atoms with Gasteiger partial charge in [-0.05, 0) is 31.0 Å². The second kappa shape index (κ2) is 6.62. The maximum atomic E-state index is 11.9. The van der Waals surface area contributed by atoms with E-state index in [9.17, 15) is 9.90 Å². The van der Waals surface area contributed by atoms with E-state index in [1.165, 1.54) is 6.07 Å². The Morgan fingerprint density at radius 1 is 1.47 bits per heavy atom. The number of carbonyl (C=O) groups is 1. The summed E-state index contributed by atoms with van der Waals surface area (Å²) in [5.41, 5.74) is 0.688. The summed E-state index contributed by atoms with van der Waals surface area (Å²) >= 11 is 5.82. The molecule has 17 heavy (non-hydrogen) atoms. The van der Waals surface area contributed by atoms with Gasteiger partial charge in [-0.1, -0.05) is 24.6 Å². The molecule has 1 aromatic carbocycles. The van der Waals surface area contributed by atoms with Crippen LogP contribution in [0.4, 0.5) is 0 Å². The van der Waals surface area contributed by atoms with Crippen molar-refractivity contribution in [2.75, 3.05) is 6.61 Å². The molecule has 0 aliphatic rings. The summed E-state index contributed by atoms with van der Waals surface area (Å²) in [6, 6.07) is 4.71. The molecule has 94 valence electrons. The fourth-order valence-electron chi connectivity index (χ4n) is 1.61. The third-order valence-corrected chi connectivity index (χ3v) is 2.70. The average molecular weight is 257 g/mol. The number of ketones is 1. The number of Topliss-reactive ketones (excluding diaryl/α,β-unsaturated/α-hetero) is 1. The highest BCUT2D eigenvalue weighted by Gasteiger charge is 2.20. The van der Waals surface area contributed by atoms with Gasteiger partial charge in [0.05, 0.1) is 5.02 Å². The zero-order valence-corrected chi connectivity index (χ0v) is 10.8. The van der Waals surface area contributed by atoms with Gasteiger partial charge < -0.3 is 9.84 Å². The van der Waals surface area contributed by atoms with E-state index in [0.29, 0.717) is 18.6 Å². The number of phenolic OH excluding ortho intramolecular Hbond substituents is 1. The van der Waals surface area contributed by atoms with Crippen LogP contribution in [0.5, 0.6) is 5.75 Å². The highest BCUT2D eigenvalue weighted by Crippen LogP contribution is 2.29. The van der Waals surface area contributed by atoms with E-state index in [-0.39, 0.29) is 16.6 Å². The van der Waals surface area contributed by atoms with Gasteiger partial charge in [-0.2, -0.15) is 0 Å². The van der Waals surface area contributed by atoms with Crippen LogP contribution >= 0.6 is 11.6 Å². The maximum absolute atomic E-state index is 11.9. The molecule has 0 aromatic heterocycles. The second-order valence-electron chi connectivity index (χ2n) is 3.76. The van der Waals surface area contributed by atoms with Crippen LogP contribution in [0.1, 0.15) is 38.4 Å². The van der Waals surface area contributed by atoms with Crippen molar-refractivity contribution in [3.05, 3.63) is 28.8 Å². The number of carbonyl (C=O) groups excluding carboxylic acids is 1. The van der Waals surface area contributed by atoms with Crippen LogP contribution in [-0.4, -0.2) is 17.5 Å². The first-order valence-electron chi connectivity index (χ1n) is 5.72. The number of hydrogen-bond donors (Lipinski definition) is 1. The first-order chi connectivity index (χ1) is 8.10. The van der Waals surface area contributed by atoms with Gasteiger partial charge in [0.15, 0.2) is 5.78 Å². The molecule has 3 nitrogen and oxygen atoms in total. The van der Waals surface area contributed by atoms with Crippen molar-refractivity contribution < 1.29 is 14.6 Å². The van der Waals surface area contributed by atoms with Crippen LogP contribution in [0.25, 0.3) is 0 Å². The lowest BCUT2D eigenvalue weighted by molar-refractivity contribution is -0.130. The van der Waals surface area contributed by atoms with Crippen molar-refractivity contribution >= 4 is 17.4 Å². The van der Waals surface area contributed by atoms with Crippen molar-refractivity contribution in [1.82, 2.24) is 0 Å². The van der Waals surface area contributed by atoms with Gasteiger partial charge in [-0.15, -0.1) is 0 Å². The number of ether oxygens (including phenoxy) is 1. The minimum absolute atomic E-state index is 0.00797. The molecule has 1 unspecified atom stereocenters. The van der Waals surface area contributed by atoms with Crippen molar-refractivity contribution in [2.45, 2.75) is 32.8 Å². The number of halogens is 1. The smallest absolute Gasteiger partial charge is 0.166 e. The summed E-state index contributed by atoms with van der Waals surface area (Å²) in [6.07, 6.45) is 0.676. The van der Waals surface area contributed by atoms with E-state index in [4.69, 9.17) is 16.3 Å². The van der Waals surface area contributed by atoms with Crippen LogP contribution in [-0.2, 0) is 9.53 Å². The predicted octanol–water partition coefficient (Wildman–Crippen LogP) is 3.49. The third kappa shape index (κ3) is 3.72. The Kier molecular flexibility index (Phi) is 5.45. The normalized spacial score (nSPS) is 12.4. The quantitative estimate of drug-likeness (QED) is 0.847. The van der Waals surface area contributed by atoms with E-state index >= 15 is 0 Å². The fourth-order valence-corrected chi connectivity index (χ4v) is 1.79. The average Bonchev–Trinajstić information content (AvgIpc) is 2.30. The molecule has 1 rings (SSSR count). The molecule has 0 saturated heterocycles. The molecule has 0 bridgehead atoms. The number of benzene rings is 1. The van der Waals surface area contributed by atoms with Gasteiger partial charge in [-0.25, -0.2) is 0 Å². The SMILES string of the molecule is CCCC(=O)C(OCC)c1ccc(O)c(Cl)c1. The molecule has 0 saturated carbocycles. The second-order valence-corrected chi connectivity index (χ2v) is 4.17. The van der Waals surface area contributed by atoms with E-state index in [1.54, 1.807) is 12.1 Å². The van der Waals surface area contributed by atoms with E-state index in [2.05, 4.69) is 0 Å². The molecule has 1 aromatic rings. The summed E-state index contributed by atoms with van der Waals surface area (Å²) in [4.78, 5) is 11.9. The zero-order chi connectivity index (χ0) is 12.8. The molecule has 0 aliphatic carbocycles. The lowest BCUT2D eigenvalue weighted by atomic mass is 10.0. The van der Waals surface area contributed by atoms with Gasteiger partial charge in [0.25, 0.3) is 0 Å². The Bertz CT molecular complexity index is 390.